The lowest BCUT2D eigenvalue weighted by molar-refractivity contribution is -0.750. The fourth-order valence-electron chi connectivity index (χ4n) is 5.41. The summed E-state index contributed by atoms with van der Waals surface area (Å²) in [6.07, 6.45) is 8.94. The van der Waals surface area contributed by atoms with Crippen LogP contribution in [0.5, 0.6) is 0 Å². The highest BCUT2D eigenvalue weighted by Crippen LogP contribution is 2.36. The summed E-state index contributed by atoms with van der Waals surface area (Å²) in [4.78, 5) is 17.1. The Morgan fingerprint density at radius 2 is 1.80 bits per heavy atom. The van der Waals surface area contributed by atoms with Crippen LogP contribution in [0.25, 0.3) is 22.2 Å². The molecule has 1 fully saturated rings. The van der Waals surface area contributed by atoms with E-state index in [2.05, 4.69) is 59.3 Å². The van der Waals surface area contributed by atoms with E-state index < -0.39 is 0 Å². The van der Waals surface area contributed by atoms with Gasteiger partial charge in [0.1, 0.15) is 11.9 Å². The predicted molar refractivity (Wildman–Crippen MR) is 142 cm³/mol. The number of nitrogens with two attached hydrogens (primary N) is 1. The number of pyridine rings is 1. The van der Waals surface area contributed by atoms with E-state index in [0.717, 1.165) is 71.0 Å². The summed E-state index contributed by atoms with van der Waals surface area (Å²) in [7, 11) is 0. The van der Waals surface area contributed by atoms with E-state index >= 15 is 0 Å². The first-order chi connectivity index (χ1) is 17.1. The predicted octanol–water partition coefficient (Wildman–Crippen LogP) is 5.24. The number of aromatic nitrogens is 1. The van der Waals surface area contributed by atoms with Crippen molar-refractivity contribution in [2.24, 2.45) is 21.7 Å². The number of quaternary nitrogens is 1. The largest absolute Gasteiger partial charge is 0.304 e. The zero-order chi connectivity index (χ0) is 23.8. The number of likely N-dealkylation sites (tertiary alicyclic amines) is 1. The SMILES string of the molecule is CCN1CCC(CC2=C3C=NC=C[N+]3(N)C(c3ccc4ccc(-c5ccccc5)nc4c3)=N2)CC1. The Kier molecular flexibility index (Phi) is 5.65. The van der Waals surface area contributed by atoms with Crippen molar-refractivity contribution in [1.29, 1.82) is 0 Å². The first-order valence-electron chi connectivity index (χ1n) is 12.5. The van der Waals surface area contributed by atoms with Crippen LogP contribution in [0.3, 0.4) is 0 Å². The van der Waals surface area contributed by atoms with Crippen molar-refractivity contribution in [3.8, 4) is 11.3 Å². The molecule has 0 radical (unpaired) electrons. The third-order valence-electron chi connectivity index (χ3n) is 7.53. The van der Waals surface area contributed by atoms with Crippen LogP contribution in [0, 0.1) is 5.92 Å². The molecule has 176 valence electrons. The number of nitrogens with zero attached hydrogens (tertiary/aromatic N) is 5. The van der Waals surface area contributed by atoms with E-state index in [4.69, 9.17) is 15.8 Å². The smallest absolute Gasteiger partial charge is 0.264 e. The second-order valence-electron chi connectivity index (χ2n) is 9.67. The molecule has 3 aromatic rings. The van der Waals surface area contributed by atoms with Gasteiger partial charge in [0.05, 0.1) is 29.2 Å². The highest BCUT2D eigenvalue weighted by molar-refractivity contribution is 6.02. The van der Waals surface area contributed by atoms with Crippen LogP contribution in [0.2, 0.25) is 0 Å². The average molecular weight is 464 g/mol. The van der Waals surface area contributed by atoms with Gasteiger partial charge in [-0.05, 0) is 63.0 Å². The van der Waals surface area contributed by atoms with Gasteiger partial charge < -0.3 is 4.90 Å². The van der Waals surface area contributed by atoms with Crippen molar-refractivity contribution in [3.63, 3.8) is 0 Å². The lowest BCUT2D eigenvalue weighted by Gasteiger charge is -2.31. The molecule has 4 heterocycles. The van der Waals surface area contributed by atoms with Crippen LogP contribution in [0.1, 0.15) is 31.7 Å². The summed E-state index contributed by atoms with van der Waals surface area (Å²) < 4.78 is 0.0660. The fourth-order valence-corrected chi connectivity index (χ4v) is 5.41. The molecule has 6 heteroatoms. The average Bonchev–Trinajstić information content (AvgIpc) is 3.20. The monoisotopic (exact) mass is 463 g/mol. The van der Waals surface area contributed by atoms with Crippen LogP contribution < -0.4 is 5.84 Å². The van der Waals surface area contributed by atoms with Gasteiger partial charge >= 0.3 is 0 Å². The Morgan fingerprint density at radius 3 is 2.60 bits per heavy atom. The van der Waals surface area contributed by atoms with Gasteiger partial charge in [-0.25, -0.2) is 4.98 Å². The number of hydrogen-bond donors (Lipinski definition) is 1. The first kappa shape index (κ1) is 22.0. The minimum atomic E-state index is 0.0660. The van der Waals surface area contributed by atoms with E-state index in [1.54, 1.807) is 6.20 Å². The fraction of sp³-hybridized carbons (Fsp3) is 0.276. The van der Waals surface area contributed by atoms with Crippen molar-refractivity contribution in [2.75, 3.05) is 19.6 Å². The lowest BCUT2D eigenvalue weighted by Crippen LogP contribution is -2.53. The molecule has 35 heavy (non-hydrogen) atoms. The summed E-state index contributed by atoms with van der Waals surface area (Å²) in [6.45, 7) is 5.70. The van der Waals surface area contributed by atoms with Crippen LogP contribution in [0.15, 0.2) is 94.4 Å². The Balaban J connectivity index is 1.35. The maximum Gasteiger partial charge on any atom is 0.264 e. The van der Waals surface area contributed by atoms with Crippen LogP contribution in [0.4, 0.5) is 0 Å². The number of rotatable bonds is 5. The molecule has 0 spiro atoms. The van der Waals surface area contributed by atoms with Crippen molar-refractivity contribution >= 4 is 23.0 Å². The van der Waals surface area contributed by atoms with Crippen molar-refractivity contribution in [3.05, 3.63) is 90.0 Å². The van der Waals surface area contributed by atoms with E-state index in [0.29, 0.717) is 5.92 Å². The molecule has 0 bridgehead atoms. The quantitative estimate of drug-likeness (QED) is 0.416. The minimum absolute atomic E-state index is 0.0660. The first-order valence-corrected chi connectivity index (χ1v) is 12.5. The summed E-state index contributed by atoms with van der Waals surface area (Å²) in [5.74, 6) is 8.45. The molecule has 2 N–H and O–H groups in total. The normalized spacial score (nSPS) is 22.6. The molecular weight excluding hydrogens is 432 g/mol. The Labute approximate surface area is 206 Å². The standard InChI is InChI=1S/C29H31N6/c1-2-34-15-12-21(13-16-34)18-27-28-20-31-14-17-35(28,30)29(33-27)24-9-8-23-10-11-25(32-26(23)19-24)22-6-4-3-5-7-22/h3-11,14,17,19-21H,2,12-13,15-16,18,30H2,1H3/q+1. The van der Waals surface area contributed by atoms with Gasteiger partial charge in [-0.2, -0.15) is 10.8 Å². The Morgan fingerprint density at radius 1 is 1.00 bits per heavy atom. The molecule has 1 aromatic heterocycles. The second-order valence-corrected chi connectivity index (χ2v) is 9.67. The van der Waals surface area contributed by atoms with E-state index in [1.807, 2.05) is 30.6 Å². The molecule has 2 aromatic carbocycles. The van der Waals surface area contributed by atoms with Gasteiger partial charge in [0.15, 0.2) is 0 Å². The van der Waals surface area contributed by atoms with Crippen molar-refractivity contribution < 1.29 is 4.59 Å². The maximum absolute atomic E-state index is 6.99. The maximum atomic E-state index is 6.99. The number of benzene rings is 2. The zero-order valence-corrected chi connectivity index (χ0v) is 20.1. The van der Waals surface area contributed by atoms with Gasteiger partial charge in [0.2, 0.25) is 5.70 Å². The van der Waals surface area contributed by atoms with Gasteiger partial charge in [-0.15, -0.1) is 4.59 Å². The third kappa shape index (κ3) is 4.04. The Bertz CT molecular complexity index is 1380. The van der Waals surface area contributed by atoms with Gasteiger partial charge in [0, 0.05) is 10.9 Å². The van der Waals surface area contributed by atoms with Crippen LogP contribution in [-0.2, 0) is 0 Å². The van der Waals surface area contributed by atoms with Gasteiger partial charge in [-0.3, -0.25) is 4.99 Å². The highest BCUT2D eigenvalue weighted by Gasteiger charge is 2.44. The number of allylic oxidation sites excluding steroid dienone is 2. The molecule has 3 aliphatic heterocycles. The van der Waals surface area contributed by atoms with Crippen LogP contribution in [-0.4, -0.2) is 46.2 Å². The number of amidine groups is 1. The summed E-state index contributed by atoms with van der Waals surface area (Å²) in [6, 6.07) is 20.8. The molecule has 6 nitrogen and oxygen atoms in total. The summed E-state index contributed by atoms with van der Waals surface area (Å²) in [5, 5.41) is 1.10. The number of hydrogen-bond acceptors (Lipinski definition) is 5. The Hall–Kier alpha value is -3.45. The molecule has 0 amide bonds. The van der Waals surface area contributed by atoms with Gasteiger partial charge in [-0.1, -0.05) is 49.4 Å². The van der Waals surface area contributed by atoms with E-state index in [1.165, 1.54) is 12.8 Å². The molecule has 0 aliphatic carbocycles. The number of piperidine rings is 1. The molecule has 0 saturated carbocycles. The third-order valence-corrected chi connectivity index (χ3v) is 7.53. The van der Waals surface area contributed by atoms with Crippen molar-refractivity contribution in [1.82, 2.24) is 9.88 Å². The summed E-state index contributed by atoms with van der Waals surface area (Å²) >= 11 is 0. The minimum Gasteiger partial charge on any atom is -0.304 e. The highest BCUT2D eigenvalue weighted by atomic mass is 15.6. The molecule has 1 unspecified atom stereocenters. The zero-order valence-electron chi connectivity index (χ0n) is 20.1. The number of fused-ring (bicyclic) bond motifs is 2. The van der Waals surface area contributed by atoms with Gasteiger partial charge in [0.25, 0.3) is 5.84 Å². The molecule has 1 saturated heterocycles. The molecule has 1 atom stereocenters. The van der Waals surface area contributed by atoms with Crippen LogP contribution >= 0.6 is 0 Å². The summed E-state index contributed by atoms with van der Waals surface area (Å²) in [5.41, 5.74) is 6.04. The van der Waals surface area contributed by atoms with E-state index in [9.17, 15) is 0 Å². The molecular formula is C29H31N6+. The van der Waals surface area contributed by atoms with Crippen molar-refractivity contribution in [2.45, 2.75) is 26.2 Å². The topological polar surface area (TPSA) is 66.9 Å². The molecule has 3 aliphatic rings. The number of aliphatic imine (C=N–C) groups is 2. The second kappa shape index (κ2) is 8.96. The lowest BCUT2D eigenvalue weighted by atomic mass is 9.92. The van der Waals surface area contributed by atoms with E-state index in [-0.39, 0.29) is 4.59 Å². The molecule has 6 rings (SSSR count).